The molecule has 19 heavy (non-hydrogen) atoms. The minimum Gasteiger partial charge on any atom is -0.502 e. The molecular weight excluding hydrogens is 325 g/mol. The Morgan fingerprint density at radius 1 is 1.53 bits per heavy atom. The molecule has 1 aromatic carbocycles. The van der Waals surface area contributed by atoms with E-state index in [4.69, 9.17) is 14.4 Å². The van der Waals surface area contributed by atoms with E-state index in [0.717, 1.165) is 12.1 Å². The molecule has 0 saturated heterocycles. The van der Waals surface area contributed by atoms with Crippen molar-refractivity contribution in [3.8, 4) is 22.8 Å². The Bertz CT molecular complexity index is 655. The molecule has 2 aromatic rings. The molecule has 6 nitrogen and oxygen atoms in total. The maximum absolute atomic E-state index is 13.4. The van der Waals surface area contributed by atoms with E-state index in [2.05, 4.69) is 21.1 Å². The van der Waals surface area contributed by atoms with Crippen molar-refractivity contribution in [3.05, 3.63) is 28.1 Å². The molecular formula is C11H7BrFNO5. The van der Waals surface area contributed by atoms with Crippen molar-refractivity contribution in [3.63, 3.8) is 0 Å². The van der Waals surface area contributed by atoms with Crippen molar-refractivity contribution >= 4 is 21.9 Å². The Hall–Kier alpha value is -2.09. The second-order valence-electron chi connectivity index (χ2n) is 3.48. The van der Waals surface area contributed by atoms with E-state index in [1.807, 2.05) is 0 Å². The zero-order valence-electron chi connectivity index (χ0n) is 9.48. The lowest BCUT2D eigenvalue weighted by atomic mass is 10.1. The molecule has 0 aliphatic carbocycles. The van der Waals surface area contributed by atoms with Crippen LogP contribution in [0.15, 0.2) is 21.1 Å². The third-order valence-electron chi connectivity index (χ3n) is 2.34. The second kappa shape index (κ2) is 4.88. The van der Waals surface area contributed by atoms with Crippen LogP contribution in [0, 0.1) is 5.82 Å². The molecule has 8 heteroatoms. The Balaban J connectivity index is 2.66. The lowest BCUT2D eigenvalue weighted by Gasteiger charge is -2.10. The molecule has 0 aliphatic rings. The quantitative estimate of drug-likeness (QED) is 0.898. The Labute approximate surface area is 114 Å². The number of nitrogens with zero attached hydrogens (tertiary/aromatic N) is 1. The first kappa shape index (κ1) is 13.3. The van der Waals surface area contributed by atoms with Crippen molar-refractivity contribution < 1.29 is 28.7 Å². The number of carboxylic acid groups (broad SMARTS) is 1. The van der Waals surface area contributed by atoms with Crippen LogP contribution in [-0.2, 0) is 0 Å². The van der Waals surface area contributed by atoms with Crippen molar-refractivity contribution in [1.29, 1.82) is 0 Å². The van der Waals surface area contributed by atoms with Crippen molar-refractivity contribution in [1.82, 2.24) is 5.16 Å². The summed E-state index contributed by atoms with van der Waals surface area (Å²) in [5, 5.41) is 21.7. The number of phenolic OH excluding ortho intramolecular Hbond substituents is 1. The lowest BCUT2D eigenvalue weighted by molar-refractivity contribution is 0.0686. The van der Waals surface area contributed by atoms with Gasteiger partial charge in [-0.25, -0.2) is 9.18 Å². The summed E-state index contributed by atoms with van der Waals surface area (Å²) in [5.41, 5.74) is -0.144. The van der Waals surface area contributed by atoms with Crippen LogP contribution in [0.3, 0.4) is 0 Å². The van der Waals surface area contributed by atoms with Crippen LogP contribution in [0.4, 0.5) is 4.39 Å². The number of methoxy groups -OCH3 is 1. The van der Waals surface area contributed by atoms with Crippen LogP contribution in [0.5, 0.6) is 11.5 Å². The number of aromatic carboxylic acids is 1. The largest absolute Gasteiger partial charge is 0.502 e. The summed E-state index contributed by atoms with van der Waals surface area (Å²) in [4.78, 5) is 10.7. The van der Waals surface area contributed by atoms with Gasteiger partial charge in [-0.15, -0.1) is 0 Å². The van der Waals surface area contributed by atoms with Crippen LogP contribution < -0.4 is 4.74 Å². The first-order chi connectivity index (χ1) is 8.95. The van der Waals surface area contributed by atoms with Gasteiger partial charge >= 0.3 is 5.97 Å². The molecule has 0 bridgehead atoms. The summed E-state index contributed by atoms with van der Waals surface area (Å²) >= 11 is 3.09. The van der Waals surface area contributed by atoms with Gasteiger partial charge in [0.05, 0.1) is 12.7 Å². The number of carbonyl (C=O) groups is 1. The summed E-state index contributed by atoms with van der Waals surface area (Å²) < 4.78 is 23.3. The number of carboxylic acids is 1. The van der Waals surface area contributed by atoms with Gasteiger partial charge in [-0.1, -0.05) is 5.16 Å². The third kappa shape index (κ3) is 2.26. The minimum absolute atomic E-state index is 0.0245. The molecule has 0 amide bonds. The van der Waals surface area contributed by atoms with Gasteiger partial charge in [0, 0.05) is 10.5 Å². The van der Waals surface area contributed by atoms with E-state index < -0.39 is 17.5 Å². The lowest BCUT2D eigenvalue weighted by Crippen LogP contribution is -1.95. The molecule has 2 N–H and O–H groups in total. The number of halogens is 2. The number of phenols is 1. The van der Waals surface area contributed by atoms with Crippen LogP contribution in [0.2, 0.25) is 0 Å². The van der Waals surface area contributed by atoms with E-state index in [9.17, 15) is 14.3 Å². The summed E-state index contributed by atoms with van der Waals surface area (Å²) in [6.07, 6.45) is 0. The van der Waals surface area contributed by atoms with E-state index in [-0.39, 0.29) is 27.2 Å². The standard InChI is InChI=1S/C11H7BrFNO5/c1-18-10-8(4(12)2-5(13)9(10)15)7-3-6(11(16)17)14-19-7/h2-3,15H,1H3,(H,16,17). The molecule has 0 fully saturated rings. The molecule has 2 rings (SSSR count). The number of hydrogen-bond donors (Lipinski definition) is 2. The fraction of sp³-hybridized carbons (Fsp3) is 0.0909. The topological polar surface area (TPSA) is 92.8 Å². The normalized spacial score (nSPS) is 10.5. The van der Waals surface area contributed by atoms with Crippen LogP contribution in [0.25, 0.3) is 11.3 Å². The molecule has 0 unspecified atom stereocenters. The number of aromatic hydroxyl groups is 1. The minimum atomic E-state index is -1.27. The first-order valence-corrected chi connectivity index (χ1v) is 5.70. The van der Waals surface area contributed by atoms with E-state index in [1.54, 1.807) is 0 Å². The Morgan fingerprint density at radius 3 is 2.74 bits per heavy atom. The highest BCUT2D eigenvalue weighted by molar-refractivity contribution is 9.10. The molecule has 0 spiro atoms. The van der Waals surface area contributed by atoms with Crippen LogP contribution in [-0.4, -0.2) is 28.4 Å². The number of benzene rings is 1. The summed E-state index contributed by atoms with van der Waals surface area (Å²) in [6, 6.07) is 2.15. The van der Waals surface area contributed by atoms with Gasteiger partial charge in [0.15, 0.2) is 28.8 Å². The van der Waals surface area contributed by atoms with Gasteiger partial charge in [-0.05, 0) is 22.0 Å². The zero-order valence-corrected chi connectivity index (χ0v) is 11.1. The number of aromatic nitrogens is 1. The van der Waals surface area contributed by atoms with E-state index in [1.165, 1.54) is 7.11 Å². The smallest absolute Gasteiger partial charge is 0.358 e. The van der Waals surface area contributed by atoms with Crippen molar-refractivity contribution in [2.75, 3.05) is 7.11 Å². The van der Waals surface area contributed by atoms with Crippen LogP contribution in [0.1, 0.15) is 10.5 Å². The summed E-state index contributed by atoms with van der Waals surface area (Å²) in [5.74, 6) is -3.01. The fourth-order valence-corrected chi connectivity index (χ4v) is 2.09. The average Bonchev–Trinajstić information content (AvgIpc) is 2.82. The molecule has 0 atom stereocenters. The molecule has 100 valence electrons. The highest BCUT2D eigenvalue weighted by Gasteiger charge is 2.23. The number of rotatable bonds is 3. The summed E-state index contributed by atoms with van der Waals surface area (Å²) in [7, 11) is 1.24. The van der Waals surface area contributed by atoms with Gasteiger partial charge < -0.3 is 19.5 Å². The monoisotopic (exact) mass is 331 g/mol. The van der Waals surface area contributed by atoms with Gasteiger partial charge in [0.25, 0.3) is 0 Å². The van der Waals surface area contributed by atoms with Crippen LogP contribution >= 0.6 is 15.9 Å². The van der Waals surface area contributed by atoms with Gasteiger partial charge in [0.2, 0.25) is 0 Å². The molecule has 0 saturated carbocycles. The number of ether oxygens (including phenoxy) is 1. The van der Waals surface area contributed by atoms with E-state index in [0.29, 0.717) is 0 Å². The fourth-order valence-electron chi connectivity index (χ4n) is 1.51. The Kier molecular flexibility index (Phi) is 3.43. The van der Waals surface area contributed by atoms with Gasteiger partial charge in [-0.3, -0.25) is 0 Å². The summed E-state index contributed by atoms with van der Waals surface area (Å²) in [6.45, 7) is 0. The van der Waals surface area contributed by atoms with Crippen molar-refractivity contribution in [2.45, 2.75) is 0 Å². The van der Waals surface area contributed by atoms with Gasteiger partial charge in [-0.2, -0.15) is 0 Å². The van der Waals surface area contributed by atoms with Gasteiger partial charge in [0.1, 0.15) is 0 Å². The third-order valence-corrected chi connectivity index (χ3v) is 2.97. The molecule has 1 aromatic heterocycles. The maximum Gasteiger partial charge on any atom is 0.358 e. The van der Waals surface area contributed by atoms with Crippen molar-refractivity contribution in [2.24, 2.45) is 0 Å². The molecule has 1 heterocycles. The average molecular weight is 332 g/mol. The number of hydrogen-bond acceptors (Lipinski definition) is 5. The molecule has 0 aliphatic heterocycles. The predicted octanol–water partition coefficient (Wildman–Crippen LogP) is 2.66. The Morgan fingerprint density at radius 2 is 2.21 bits per heavy atom. The van der Waals surface area contributed by atoms with E-state index >= 15 is 0 Å². The maximum atomic E-state index is 13.4. The second-order valence-corrected chi connectivity index (χ2v) is 4.33. The highest BCUT2D eigenvalue weighted by atomic mass is 79.9. The molecule has 0 radical (unpaired) electrons. The zero-order chi connectivity index (χ0) is 14.2. The first-order valence-electron chi connectivity index (χ1n) is 4.91. The highest BCUT2D eigenvalue weighted by Crippen LogP contribution is 2.44. The predicted molar refractivity (Wildman–Crippen MR) is 64.8 cm³/mol. The SMILES string of the molecule is COc1c(O)c(F)cc(Br)c1-c1cc(C(=O)O)no1.